The summed E-state index contributed by atoms with van der Waals surface area (Å²) < 4.78 is 5.13. The van der Waals surface area contributed by atoms with Crippen LogP contribution >= 0.6 is 0 Å². The van der Waals surface area contributed by atoms with Gasteiger partial charge in [0.15, 0.2) is 5.76 Å². The third kappa shape index (κ3) is 1.13. The molecule has 0 saturated heterocycles. The van der Waals surface area contributed by atoms with Crippen molar-refractivity contribution < 1.29 is 9.21 Å². The summed E-state index contributed by atoms with van der Waals surface area (Å²) in [4.78, 5) is 10.7. The van der Waals surface area contributed by atoms with Gasteiger partial charge in [-0.15, -0.1) is 0 Å². The molecule has 0 aromatic carbocycles. The second-order valence-electron chi connectivity index (χ2n) is 2.60. The molecule has 11 heavy (non-hydrogen) atoms. The SMILES string of the molecule is Cc1oc(C(N)=O)c(C)c1C. The second-order valence-corrected chi connectivity index (χ2v) is 2.60. The smallest absolute Gasteiger partial charge is 0.284 e. The molecule has 1 rings (SSSR count). The van der Waals surface area contributed by atoms with E-state index >= 15 is 0 Å². The Morgan fingerprint density at radius 1 is 1.27 bits per heavy atom. The number of furan rings is 1. The average molecular weight is 153 g/mol. The minimum absolute atomic E-state index is 0.278. The Morgan fingerprint density at radius 2 is 1.82 bits per heavy atom. The van der Waals surface area contributed by atoms with Gasteiger partial charge in [-0.1, -0.05) is 0 Å². The fraction of sp³-hybridized carbons (Fsp3) is 0.375. The van der Waals surface area contributed by atoms with Gasteiger partial charge in [-0.2, -0.15) is 0 Å². The normalized spacial score (nSPS) is 10.1. The maximum Gasteiger partial charge on any atom is 0.284 e. The monoisotopic (exact) mass is 153 g/mol. The van der Waals surface area contributed by atoms with Crippen molar-refractivity contribution in [2.75, 3.05) is 0 Å². The Balaban J connectivity index is 3.29. The number of hydrogen-bond acceptors (Lipinski definition) is 2. The van der Waals surface area contributed by atoms with Crippen molar-refractivity contribution >= 4 is 5.91 Å². The van der Waals surface area contributed by atoms with Crippen LogP contribution in [0.5, 0.6) is 0 Å². The summed E-state index contributed by atoms with van der Waals surface area (Å²) in [7, 11) is 0. The van der Waals surface area contributed by atoms with E-state index in [-0.39, 0.29) is 5.76 Å². The molecule has 0 fully saturated rings. The van der Waals surface area contributed by atoms with Crippen LogP contribution < -0.4 is 5.73 Å². The zero-order valence-electron chi connectivity index (χ0n) is 6.89. The zero-order chi connectivity index (χ0) is 8.59. The highest BCUT2D eigenvalue weighted by Gasteiger charge is 2.14. The maximum atomic E-state index is 10.7. The van der Waals surface area contributed by atoms with E-state index in [2.05, 4.69) is 0 Å². The van der Waals surface area contributed by atoms with E-state index in [9.17, 15) is 4.79 Å². The Kier molecular flexibility index (Phi) is 1.72. The first-order valence-corrected chi connectivity index (χ1v) is 3.40. The molecule has 1 aromatic rings. The van der Waals surface area contributed by atoms with E-state index in [1.165, 1.54) is 0 Å². The molecule has 0 aliphatic heterocycles. The average Bonchev–Trinajstić information content (AvgIpc) is 2.17. The summed E-state index contributed by atoms with van der Waals surface area (Å²) in [6, 6.07) is 0. The highest BCUT2D eigenvalue weighted by molar-refractivity contribution is 5.91. The number of rotatable bonds is 1. The van der Waals surface area contributed by atoms with Crippen LogP contribution in [0.25, 0.3) is 0 Å². The Labute approximate surface area is 65.2 Å². The van der Waals surface area contributed by atoms with E-state index in [4.69, 9.17) is 10.2 Å². The van der Waals surface area contributed by atoms with E-state index in [1.54, 1.807) is 0 Å². The predicted molar refractivity (Wildman–Crippen MR) is 41.4 cm³/mol. The van der Waals surface area contributed by atoms with Gasteiger partial charge in [0.25, 0.3) is 5.91 Å². The summed E-state index contributed by atoms with van der Waals surface area (Å²) >= 11 is 0. The fourth-order valence-corrected chi connectivity index (χ4v) is 0.976. The molecule has 0 aliphatic rings. The molecule has 1 amide bonds. The minimum atomic E-state index is -0.501. The van der Waals surface area contributed by atoms with Gasteiger partial charge in [-0.25, -0.2) is 0 Å². The number of aryl methyl sites for hydroxylation is 1. The largest absolute Gasteiger partial charge is 0.456 e. The second kappa shape index (κ2) is 2.42. The Morgan fingerprint density at radius 3 is 2.00 bits per heavy atom. The summed E-state index contributed by atoms with van der Waals surface area (Å²) in [5.74, 6) is 0.537. The molecule has 1 aromatic heterocycles. The lowest BCUT2D eigenvalue weighted by Gasteiger charge is -1.88. The van der Waals surface area contributed by atoms with Gasteiger partial charge in [-0.3, -0.25) is 4.79 Å². The molecule has 0 unspecified atom stereocenters. The van der Waals surface area contributed by atoms with Crippen LogP contribution in [0.4, 0.5) is 0 Å². The number of nitrogens with two attached hydrogens (primary N) is 1. The zero-order valence-corrected chi connectivity index (χ0v) is 6.89. The third-order valence-electron chi connectivity index (χ3n) is 1.91. The van der Waals surface area contributed by atoms with Gasteiger partial charge < -0.3 is 10.2 Å². The summed E-state index contributed by atoms with van der Waals surface area (Å²) in [6.07, 6.45) is 0. The van der Waals surface area contributed by atoms with Crippen LogP contribution in [-0.2, 0) is 0 Å². The Bertz CT molecular complexity index is 299. The van der Waals surface area contributed by atoms with Gasteiger partial charge in [0.05, 0.1) is 0 Å². The van der Waals surface area contributed by atoms with Crippen LogP contribution in [0.15, 0.2) is 4.42 Å². The van der Waals surface area contributed by atoms with Crippen LogP contribution in [0, 0.1) is 20.8 Å². The number of primary amides is 1. The van der Waals surface area contributed by atoms with E-state index < -0.39 is 5.91 Å². The van der Waals surface area contributed by atoms with Crippen molar-refractivity contribution in [2.45, 2.75) is 20.8 Å². The lowest BCUT2D eigenvalue weighted by atomic mass is 10.1. The molecule has 3 heteroatoms. The molecule has 1 heterocycles. The van der Waals surface area contributed by atoms with Gasteiger partial charge in [0.2, 0.25) is 0 Å². The first kappa shape index (κ1) is 7.85. The molecule has 0 radical (unpaired) electrons. The summed E-state index contributed by atoms with van der Waals surface area (Å²) in [5.41, 5.74) is 6.91. The Hall–Kier alpha value is -1.25. The first-order valence-electron chi connectivity index (χ1n) is 3.40. The number of carbonyl (C=O) groups excluding carboxylic acids is 1. The third-order valence-corrected chi connectivity index (χ3v) is 1.91. The van der Waals surface area contributed by atoms with Crippen LogP contribution in [0.2, 0.25) is 0 Å². The number of hydrogen-bond donors (Lipinski definition) is 1. The lowest BCUT2D eigenvalue weighted by Crippen LogP contribution is -2.10. The molecular weight excluding hydrogens is 142 g/mol. The van der Waals surface area contributed by atoms with Crippen molar-refractivity contribution in [3.8, 4) is 0 Å². The first-order chi connectivity index (χ1) is 5.04. The molecule has 0 bridgehead atoms. The molecular formula is C8H11NO2. The van der Waals surface area contributed by atoms with Gasteiger partial charge in [0, 0.05) is 5.56 Å². The van der Waals surface area contributed by atoms with Gasteiger partial charge in [0.1, 0.15) is 5.76 Å². The molecule has 0 spiro atoms. The van der Waals surface area contributed by atoms with Crippen molar-refractivity contribution in [3.05, 3.63) is 22.6 Å². The standard InChI is InChI=1S/C8H11NO2/c1-4-5(2)7(8(9)10)11-6(4)3/h1-3H3,(H2,9,10). The molecule has 0 aliphatic carbocycles. The molecule has 2 N–H and O–H groups in total. The van der Waals surface area contributed by atoms with Crippen LogP contribution in [0.1, 0.15) is 27.4 Å². The minimum Gasteiger partial charge on any atom is -0.456 e. The van der Waals surface area contributed by atoms with Crippen LogP contribution in [0.3, 0.4) is 0 Å². The lowest BCUT2D eigenvalue weighted by molar-refractivity contribution is 0.0972. The van der Waals surface area contributed by atoms with Crippen molar-refractivity contribution in [1.29, 1.82) is 0 Å². The van der Waals surface area contributed by atoms with Crippen LogP contribution in [-0.4, -0.2) is 5.91 Å². The van der Waals surface area contributed by atoms with E-state index in [0.29, 0.717) is 0 Å². The van der Waals surface area contributed by atoms with E-state index in [1.807, 2.05) is 20.8 Å². The summed E-state index contributed by atoms with van der Waals surface area (Å²) in [6.45, 7) is 5.54. The van der Waals surface area contributed by atoms with Gasteiger partial charge >= 0.3 is 0 Å². The maximum absolute atomic E-state index is 10.7. The number of amides is 1. The topological polar surface area (TPSA) is 56.2 Å². The molecule has 3 nitrogen and oxygen atoms in total. The molecule has 0 atom stereocenters. The predicted octanol–water partition coefficient (Wildman–Crippen LogP) is 1.30. The van der Waals surface area contributed by atoms with Crippen molar-refractivity contribution in [3.63, 3.8) is 0 Å². The summed E-state index contributed by atoms with van der Waals surface area (Å²) in [5, 5.41) is 0. The van der Waals surface area contributed by atoms with Crippen molar-refractivity contribution in [1.82, 2.24) is 0 Å². The quantitative estimate of drug-likeness (QED) is 0.661. The highest BCUT2D eigenvalue weighted by atomic mass is 16.3. The highest BCUT2D eigenvalue weighted by Crippen LogP contribution is 2.19. The fourth-order valence-electron chi connectivity index (χ4n) is 0.976. The van der Waals surface area contributed by atoms with Gasteiger partial charge in [-0.05, 0) is 26.3 Å². The van der Waals surface area contributed by atoms with E-state index in [0.717, 1.165) is 16.9 Å². The molecule has 0 saturated carbocycles. The number of carbonyl (C=O) groups is 1. The molecule has 60 valence electrons. The van der Waals surface area contributed by atoms with Crippen molar-refractivity contribution in [2.24, 2.45) is 5.73 Å².